The Bertz CT molecular complexity index is 275. The number of ether oxygens (including phenoxy) is 1. The summed E-state index contributed by atoms with van der Waals surface area (Å²) in [6.07, 6.45) is 0.910. The SMILES string of the molecule is C=C(C)COCCNC(C)C(=O)NC(C)(C)CC. The molecule has 0 aliphatic rings. The van der Waals surface area contributed by atoms with Crippen molar-refractivity contribution >= 4 is 5.91 Å². The molecule has 0 bridgehead atoms. The number of carbonyl (C=O) groups excluding carboxylic acids is 1. The third kappa shape index (κ3) is 8.25. The van der Waals surface area contributed by atoms with Gasteiger partial charge in [0.2, 0.25) is 5.91 Å². The van der Waals surface area contributed by atoms with Crippen LogP contribution in [0.25, 0.3) is 0 Å². The van der Waals surface area contributed by atoms with Crippen molar-refractivity contribution in [3.05, 3.63) is 12.2 Å². The third-order valence-corrected chi connectivity index (χ3v) is 2.78. The topological polar surface area (TPSA) is 50.4 Å². The van der Waals surface area contributed by atoms with Gasteiger partial charge < -0.3 is 15.4 Å². The zero-order valence-electron chi connectivity index (χ0n) is 12.4. The van der Waals surface area contributed by atoms with E-state index in [1.54, 1.807) is 0 Å². The average Bonchev–Trinajstić information content (AvgIpc) is 2.27. The van der Waals surface area contributed by atoms with Gasteiger partial charge in [0.15, 0.2) is 0 Å². The van der Waals surface area contributed by atoms with E-state index in [0.717, 1.165) is 12.0 Å². The normalized spacial score (nSPS) is 13.2. The predicted molar refractivity (Wildman–Crippen MR) is 75.6 cm³/mol. The highest BCUT2D eigenvalue weighted by Crippen LogP contribution is 2.06. The van der Waals surface area contributed by atoms with E-state index in [4.69, 9.17) is 4.74 Å². The molecule has 0 saturated heterocycles. The Balaban J connectivity index is 3.78. The summed E-state index contributed by atoms with van der Waals surface area (Å²) < 4.78 is 5.35. The Kier molecular flexibility index (Phi) is 7.87. The highest BCUT2D eigenvalue weighted by atomic mass is 16.5. The first kappa shape index (κ1) is 17.1. The van der Waals surface area contributed by atoms with Gasteiger partial charge in [-0.2, -0.15) is 0 Å². The zero-order chi connectivity index (χ0) is 14.2. The fourth-order valence-electron chi connectivity index (χ4n) is 1.22. The molecule has 18 heavy (non-hydrogen) atoms. The van der Waals surface area contributed by atoms with Gasteiger partial charge in [-0.05, 0) is 34.1 Å². The van der Waals surface area contributed by atoms with Crippen LogP contribution in [0.5, 0.6) is 0 Å². The van der Waals surface area contributed by atoms with Gasteiger partial charge in [-0.25, -0.2) is 0 Å². The quantitative estimate of drug-likeness (QED) is 0.489. The monoisotopic (exact) mass is 256 g/mol. The smallest absolute Gasteiger partial charge is 0.237 e. The standard InChI is InChI=1S/C14H28N2O2/c1-7-14(5,6)16-13(17)12(4)15-8-9-18-10-11(2)3/h12,15H,2,7-10H2,1,3-6H3,(H,16,17). The molecule has 0 aliphatic carbocycles. The highest BCUT2D eigenvalue weighted by Gasteiger charge is 2.21. The fourth-order valence-corrected chi connectivity index (χ4v) is 1.22. The molecule has 106 valence electrons. The first-order valence-electron chi connectivity index (χ1n) is 6.56. The van der Waals surface area contributed by atoms with Crippen LogP contribution in [0.4, 0.5) is 0 Å². The Labute approximate surface area is 111 Å². The number of hydrogen-bond donors (Lipinski definition) is 2. The summed E-state index contributed by atoms with van der Waals surface area (Å²) in [7, 11) is 0. The van der Waals surface area contributed by atoms with E-state index in [-0.39, 0.29) is 17.5 Å². The molecule has 0 aromatic carbocycles. The number of amides is 1. The van der Waals surface area contributed by atoms with E-state index in [2.05, 4.69) is 24.1 Å². The van der Waals surface area contributed by atoms with Crippen LogP contribution in [0.1, 0.15) is 41.0 Å². The molecule has 4 heteroatoms. The molecule has 0 fully saturated rings. The summed E-state index contributed by atoms with van der Waals surface area (Å²) in [4.78, 5) is 11.9. The lowest BCUT2D eigenvalue weighted by atomic mass is 10.0. The van der Waals surface area contributed by atoms with Gasteiger partial charge in [0.05, 0.1) is 19.3 Å². The maximum atomic E-state index is 11.9. The Morgan fingerprint density at radius 3 is 2.56 bits per heavy atom. The number of nitrogens with one attached hydrogen (secondary N) is 2. The van der Waals surface area contributed by atoms with E-state index in [9.17, 15) is 4.79 Å². The van der Waals surface area contributed by atoms with Crippen molar-refractivity contribution in [1.82, 2.24) is 10.6 Å². The van der Waals surface area contributed by atoms with Gasteiger partial charge in [0.25, 0.3) is 0 Å². The first-order chi connectivity index (χ1) is 8.28. The van der Waals surface area contributed by atoms with Gasteiger partial charge in [0.1, 0.15) is 0 Å². The third-order valence-electron chi connectivity index (χ3n) is 2.78. The van der Waals surface area contributed by atoms with Gasteiger partial charge >= 0.3 is 0 Å². The number of carbonyl (C=O) groups is 1. The van der Waals surface area contributed by atoms with Crippen LogP contribution in [-0.2, 0) is 9.53 Å². The zero-order valence-corrected chi connectivity index (χ0v) is 12.4. The Hall–Kier alpha value is -0.870. The van der Waals surface area contributed by atoms with Crippen LogP contribution in [0, 0.1) is 0 Å². The molecule has 2 N–H and O–H groups in total. The lowest BCUT2D eigenvalue weighted by molar-refractivity contribution is -0.124. The molecular formula is C14H28N2O2. The van der Waals surface area contributed by atoms with E-state index < -0.39 is 0 Å². The van der Waals surface area contributed by atoms with Crippen molar-refractivity contribution in [1.29, 1.82) is 0 Å². The predicted octanol–water partition coefficient (Wildman–Crippen LogP) is 1.86. The minimum atomic E-state index is -0.204. The van der Waals surface area contributed by atoms with Crippen LogP contribution >= 0.6 is 0 Å². The molecule has 1 unspecified atom stereocenters. The number of rotatable bonds is 9. The summed E-state index contributed by atoms with van der Waals surface area (Å²) >= 11 is 0. The molecule has 0 spiro atoms. The van der Waals surface area contributed by atoms with Crippen LogP contribution in [0.3, 0.4) is 0 Å². The van der Waals surface area contributed by atoms with Crippen molar-refractivity contribution in [2.75, 3.05) is 19.8 Å². The largest absolute Gasteiger partial charge is 0.376 e. The van der Waals surface area contributed by atoms with Gasteiger partial charge in [-0.15, -0.1) is 0 Å². The lowest BCUT2D eigenvalue weighted by Crippen LogP contribution is -2.51. The van der Waals surface area contributed by atoms with Crippen molar-refractivity contribution in [2.45, 2.75) is 52.6 Å². The second-order valence-electron chi connectivity index (χ2n) is 5.41. The molecule has 0 aliphatic heterocycles. The first-order valence-corrected chi connectivity index (χ1v) is 6.56. The Morgan fingerprint density at radius 1 is 1.44 bits per heavy atom. The molecule has 0 aromatic heterocycles. The van der Waals surface area contributed by atoms with Crippen LogP contribution < -0.4 is 10.6 Å². The number of hydrogen-bond acceptors (Lipinski definition) is 3. The maximum absolute atomic E-state index is 11.9. The molecule has 0 aromatic rings. The summed E-state index contributed by atoms with van der Waals surface area (Å²) in [6.45, 7) is 15.5. The van der Waals surface area contributed by atoms with Crippen LogP contribution in [0.15, 0.2) is 12.2 Å². The second kappa shape index (κ2) is 8.27. The second-order valence-corrected chi connectivity index (χ2v) is 5.41. The molecule has 1 atom stereocenters. The average molecular weight is 256 g/mol. The van der Waals surface area contributed by atoms with Crippen molar-refractivity contribution in [2.24, 2.45) is 0 Å². The van der Waals surface area contributed by atoms with Gasteiger partial charge in [0, 0.05) is 12.1 Å². The minimum absolute atomic E-state index is 0.0294. The van der Waals surface area contributed by atoms with Crippen molar-refractivity contribution < 1.29 is 9.53 Å². The van der Waals surface area contributed by atoms with Crippen molar-refractivity contribution in [3.8, 4) is 0 Å². The summed E-state index contributed by atoms with van der Waals surface area (Å²) in [5.74, 6) is 0.0294. The van der Waals surface area contributed by atoms with Crippen molar-refractivity contribution in [3.63, 3.8) is 0 Å². The molecule has 4 nitrogen and oxygen atoms in total. The molecular weight excluding hydrogens is 228 g/mol. The lowest BCUT2D eigenvalue weighted by Gasteiger charge is -2.26. The van der Waals surface area contributed by atoms with Crippen LogP contribution in [-0.4, -0.2) is 37.2 Å². The summed E-state index contributed by atoms with van der Waals surface area (Å²) in [5.41, 5.74) is 0.856. The fraction of sp³-hybridized carbons (Fsp3) is 0.786. The molecule has 0 radical (unpaired) electrons. The van der Waals surface area contributed by atoms with E-state index in [1.807, 2.05) is 27.7 Å². The van der Waals surface area contributed by atoms with Gasteiger partial charge in [-0.1, -0.05) is 19.1 Å². The molecule has 1 amide bonds. The Morgan fingerprint density at radius 2 is 2.06 bits per heavy atom. The molecule has 0 saturated carbocycles. The minimum Gasteiger partial charge on any atom is -0.376 e. The van der Waals surface area contributed by atoms with Crippen LogP contribution in [0.2, 0.25) is 0 Å². The summed E-state index contributed by atoms with van der Waals surface area (Å²) in [5, 5.41) is 6.14. The molecule has 0 heterocycles. The maximum Gasteiger partial charge on any atom is 0.237 e. The van der Waals surface area contributed by atoms with E-state index in [0.29, 0.717) is 19.8 Å². The molecule has 0 rings (SSSR count). The van der Waals surface area contributed by atoms with Gasteiger partial charge in [-0.3, -0.25) is 4.79 Å². The summed E-state index contributed by atoms with van der Waals surface area (Å²) in [6, 6.07) is -0.204. The highest BCUT2D eigenvalue weighted by molar-refractivity contribution is 5.81. The van der Waals surface area contributed by atoms with E-state index in [1.165, 1.54) is 0 Å². The van der Waals surface area contributed by atoms with E-state index >= 15 is 0 Å².